The van der Waals surface area contributed by atoms with Gasteiger partial charge in [0.1, 0.15) is 11.2 Å². The van der Waals surface area contributed by atoms with Crippen molar-refractivity contribution in [3.05, 3.63) is 176 Å². The van der Waals surface area contributed by atoms with Gasteiger partial charge in [0.25, 0.3) is 0 Å². The number of nitrogens with zero attached hydrogens (tertiary/aromatic N) is 5. The predicted molar refractivity (Wildman–Crippen MR) is 224 cm³/mol. The zero-order chi connectivity index (χ0) is 36.0. The maximum absolute atomic E-state index is 6.38. The van der Waals surface area contributed by atoms with Crippen LogP contribution in [0.5, 0.6) is 0 Å². The summed E-state index contributed by atoms with van der Waals surface area (Å²) in [6.45, 7) is 0. The number of furan rings is 1. The van der Waals surface area contributed by atoms with Crippen molar-refractivity contribution in [3.8, 4) is 34.4 Å². The van der Waals surface area contributed by atoms with Crippen LogP contribution in [0.25, 0.3) is 111 Å². The Morgan fingerprint density at radius 1 is 0.382 bits per heavy atom. The normalized spacial score (nSPS) is 12.0. The highest BCUT2D eigenvalue weighted by atomic mass is 16.3. The molecule has 55 heavy (non-hydrogen) atoms. The van der Waals surface area contributed by atoms with Gasteiger partial charge in [0.05, 0.1) is 22.1 Å². The van der Waals surface area contributed by atoms with Gasteiger partial charge in [0.2, 0.25) is 5.95 Å². The number of para-hydroxylation sites is 3. The summed E-state index contributed by atoms with van der Waals surface area (Å²) in [6, 6.07) is 61.3. The van der Waals surface area contributed by atoms with E-state index in [1.54, 1.807) is 0 Å². The lowest BCUT2D eigenvalue weighted by molar-refractivity contribution is 0.669. The first-order chi connectivity index (χ1) is 27.3. The molecule has 0 bridgehead atoms. The summed E-state index contributed by atoms with van der Waals surface area (Å²) in [5.41, 5.74) is 8.87. The van der Waals surface area contributed by atoms with E-state index in [1.807, 2.05) is 24.3 Å². The quantitative estimate of drug-likeness (QED) is 0.183. The van der Waals surface area contributed by atoms with Gasteiger partial charge in [-0.3, -0.25) is 4.57 Å². The van der Waals surface area contributed by atoms with Crippen LogP contribution in [0.1, 0.15) is 0 Å². The molecule has 0 spiro atoms. The summed E-state index contributed by atoms with van der Waals surface area (Å²) in [4.78, 5) is 15.8. The Morgan fingerprint density at radius 3 is 1.71 bits per heavy atom. The Bertz CT molecular complexity index is 3490. The maximum Gasteiger partial charge on any atom is 0.238 e. The zero-order valence-electron chi connectivity index (χ0n) is 29.4. The lowest BCUT2D eigenvalue weighted by Crippen LogP contribution is -2.07. The second-order valence-corrected chi connectivity index (χ2v) is 14.0. The fourth-order valence-corrected chi connectivity index (χ4v) is 8.55. The summed E-state index contributed by atoms with van der Waals surface area (Å²) in [7, 11) is 0. The maximum atomic E-state index is 6.38. The molecule has 0 fully saturated rings. The molecule has 0 amide bonds. The molecule has 0 N–H and O–H groups in total. The first kappa shape index (κ1) is 29.9. The minimum atomic E-state index is 0.551. The third-order valence-corrected chi connectivity index (χ3v) is 11.0. The van der Waals surface area contributed by atoms with Gasteiger partial charge in [0, 0.05) is 49.1 Å². The Morgan fingerprint density at radius 2 is 0.964 bits per heavy atom. The summed E-state index contributed by atoms with van der Waals surface area (Å²) in [6.07, 6.45) is 0. The van der Waals surface area contributed by atoms with E-state index in [0.717, 1.165) is 82.4 Å². The van der Waals surface area contributed by atoms with Crippen molar-refractivity contribution in [3.63, 3.8) is 0 Å². The Kier molecular flexibility index (Phi) is 6.24. The highest BCUT2D eigenvalue weighted by Crippen LogP contribution is 2.42. The smallest absolute Gasteiger partial charge is 0.238 e. The molecule has 0 atom stereocenters. The van der Waals surface area contributed by atoms with Crippen molar-refractivity contribution in [1.29, 1.82) is 0 Å². The van der Waals surface area contributed by atoms with Crippen molar-refractivity contribution in [2.75, 3.05) is 0 Å². The molecule has 4 heterocycles. The van der Waals surface area contributed by atoms with E-state index in [2.05, 4.69) is 161 Å². The van der Waals surface area contributed by atoms with Crippen molar-refractivity contribution >= 4 is 76.3 Å². The molecule has 0 aliphatic heterocycles. The molecule has 0 aliphatic rings. The van der Waals surface area contributed by atoms with E-state index in [-0.39, 0.29) is 0 Å². The summed E-state index contributed by atoms with van der Waals surface area (Å²) in [5.74, 6) is 1.74. The van der Waals surface area contributed by atoms with Crippen LogP contribution in [0.15, 0.2) is 180 Å². The lowest BCUT2D eigenvalue weighted by Gasteiger charge is -2.13. The number of aromatic nitrogens is 5. The number of benzene rings is 8. The minimum Gasteiger partial charge on any atom is -0.456 e. The van der Waals surface area contributed by atoms with Crippen molar-refractivity contribution in [2.24, 2.45) is 0 Å². The van der Waals surface area contributed by atoms with E-state index >= 15 is 0 Å². The van der Waals surface area contributed by atoms with Gasteiger partial charge in [-0.05, 0) is 59.3 Å². The van der Waals surface area contributed by atoms with Crippen molar-refractivity contribution < 1.29 is 4.42 Å². The first-order valence-corrected chi connectivity index (χ1v) is 18.5. The average molecular weight is 704 g/mol. The molecule has 12 aromatic rings. The van der Waals surface area contributed by atoms with Gasteiger partial charge in [-0.1, -0.05) is 127 Å². The molecule has 0 aliphatic carbocycles. The van der Waals surface area contributed by atoms with Crippen LogP contribution in [0.3, 0.4) is 0 Å². The van der Waals surface area contributed by atoms with Gasteiger partial charge in [0.15, 0.2) is 11.6 Å². The molecule has 4 aromatic heterocycles. The van der Waals surface area contributed by atoms with Crippen LogP contribution >= 0.6 is 0 Å². The summed E-state index contributed by atoms with van der Waals surface area (Å²) in [5, 5.41) is 9.05. The van der Waals surface area contributed by atoms with Crippen LogP contribution in [-0.2, 0) is 0 Å². The molecular formula is C49H29N5O. The molecule has 0 saturated heterocycles. The van der Waals surface area contributed by atoms with Gasteiger partial charge in [-0.2, -0.15) is 9.97 Å². The fraction of sp³-hybridized carbons (Fsp3) is 0. The lowest BCUT2D eigenvalue weighted by atomic mass is 10.0. The standard InChI is InChI=1S/C49H29N5O/c1-3-14-31(15-4-1)47-50-48(32-24-27-42-39(29-32)44-34-18-8-7-13-30(34)23-28-43(44)55-42)52-49(51-47)54-41-22-12-10-20-36(41)38-26-25-37-35-19-9-11-21-40(35)53(45(37)46(38)54)33-16-5-2-6-17-33/h1-29H. The number of fused-ring (bicyclic) bond motifs is 12. The SMILES string of the molecule is c1ccc(-c2nc(-c3ccc4oc5ccc6ccccc6c5c4c3)nc(-n3c4ccccc4c4ccc5c6ccccc6n(-c6ccccc6)c5c43)n2)cc1. The molecule has 256 valence electrons. The predicted octanol–water partition coefficient (Wildman–Crippen LogP) is 12.5. The van der Waals surface area contributed by atoms with Gasteiger partial charge >= 0.3 is 0 Å². The van der Waals surface area contributed by atoms with Gasteiger partial charge < -0.3 is 8.98 Å². The Hall–Kier alpha value is -7.57. The van der Waals surface area contributed by atoms with Crippen molar-refractivity contribution in [2.45, 2.75) is 0 Å². The molecule has 0 unspecified atom stereocenters. The minimum absolute atomic E-state index is 0.551. The summed E-state index contributed by atoms with van der Waals surface area (Å²) < 4.78 is 11.0. The molecule has 12 rings (SSSR count). The van der Waals surface area contributed by atoms with Crippen LogP contribution in [-0.4, -0.2) is 24.1 Å². The highest BCUT2D eigenvalue weighted by Gasteiger charge is 2.23. The zero-order valence-corrected chi connectivity index (χ0v) is 29.4. The van der Waals surface area contributed by atoms with E-state index in [9.17, 15) is 0 Å². The van der Waals surface area contributed by atoms with Crippen LogP contribution < -0.4 is 0 Å². The van der Waals surface area contributed by atoms with Gasteiger partial charge in [-0.15, -0.1) is 0 Å². The first-order valence-electron chi connectivity index (χ1n) is 18.5. The number of rotatable bonds is 4. The largest absolute Gasteiger partial charge is 0.456 e. The third kappa shape index (κ3) is 4.39. The monoisotopic (exact) mass is 703 g/mol. The summed E-state index contributed by atoms with van der Waals surface area (Å²) >= 11 is 0. The second-order valence-electron chi connectivity index (χ2n) is 14.0. The molecule has 6 nitrogen and oxygen atoms in total. The van der Waals surface area contributed by atoms with Crippen LogP contribution in [0.4, 0.5) is 0 Å². The van der Waals surface area contributed by atoms with Gasteiger partial charge in [-0.25, -0.2) is 4.98 Å². The molecular weight excluding hydrogens is 675 g/mol. The topological polar surface area (TPSA) is 61.7 Å². The van der Waals surface area contributed by atoms with Crippen LogP contribution in [0, 0.1) is 0 Å². The van der Waals surface area contributed by atoms with E-state index in [1.165, 1.54) is 10.8 Å². The fourth-order valence-electron chi connectivity index (χ4n) is 8.55. The van der Waals surface area contributed by atoms with E-state index in [0.29, 0.717) is 17.6 Å². The van der Waals surface area contributed by atoms with Crippen LogP contribution in [0.2, 0.25) is 0 Å². The Labute approximate surface area is 314 Å². The average Bonchev–Trinajstić information content (AvgIpc) is 3.92. The molecule has 0 saturated carbocycles. The molecule has 8 aromatic carbocycles. The second kappa shape index (κ2) is 11.5. The van der Waals surface area contributed by atoms with E-state index < -0.39 is 0 Å². The molecule has 0 radical (unpaired) electrons. The highest BCUT2D eigenvalue weighted by molar-refractivity contribution is 6.24. The number of hydrogen-bond donors (Lipinski definition) is 0. The Balaban J connectivity index is 1.20. The molecule has 6 heteroatoms. The third-order valence-electron chi connectivity index (χ3n) is 11.0. The van der Waals surface area contributed by atoms with Crippen molar-refractivity contribution in [1.82, 2.24) is 24.1 Å². The number of hydrogen-bond acceptors (Lipinski definition) is 4. The van der Waals surface area contributed by atoms with E-state index in [4.69, 9.17) is 19.4 Å².